The number of carbonyl (C=O) groups is 1. The molecule has 1 fully saturated rings. The molecule has 3 atom stereocenters. The zero-order chi connectivity index (χ0) is 35.6. The number of benzene rings is 4. The van der Waals surface area contributed by atoms with Gasteiger partial charge in [0.25, 0.3) is 10.1 Å². The number of hydroxylamine groups is 2. The van der Waals surface area contributed by atoms with Gasteiger partial charge in [-0.15, -0.1) is 5.06 Å². The summed E-state index contributed by atoms with van der Waals surface area (Å²) < 4.78 is 53.3. The Morgan fingerprint density at radius 1 is 0.820 bits per heavy atom. The molecule has 0 aromatic heterocycles. The first kappa shape index (κ1) is 37.3. The summed E-state index contributed by atoms with van der Waals surface area (Å²) >= 11 is 0. The Morgan fingerprint density at radius 2 is 1.54 bits per heavy atom. The fourth-order valence-electron chi connectivity index (χ4n) is 5.96. The summed E-state index contributed by atoms with van der Waals surface area (Å²) in [6, 6.07) is 32.1. The number of fused-ring (bicyclic) bond motifs is 1. The predicted octanol–water partition coefficient (Wildman–Crippen LogP) is 7.27. The van der Waals surface area contributed by atoms with Gasteiger partial charge in [0.2, 0.25) is 0 Å². The van der Waals surface area contributed by atoms with Crippen molar-refractivity contribution in [1.29, 1.82) is 0 Å². The van der Waals surface area contributed by atoms with E-state index in [2.05, 4.69) is 24.3 Å². The average molecular weight is 706 g/mol. The van der Waals surface area contributed by atoms with Crippen LogP contribution in [0.15, 0.2) is 97.1 Å². The van der Waals surface area contributed by atoms with Crippen LogP contribution in [0.25, 0.3) is 10.8 Å². The minimum atomic E-state index is -3.75. The van der Waals surface area contributed by atoms with E-state index < -0.39 is 33.9 Å². The lowest BCUT2D eigenvalue weighted by Gasteiger charge is -2.42. The van der Waals surface area contributed by atoms with Crippen LogP contribution in [0.2, 0.25) is 0 Å². The topological polar surface area (TPSA) is 110 Å². The van der Waals surface area contributed by atoms with E-state index in [4.69, 9.17) is 28.0 Å². The molecule has 0 N–H and O–H groups in total. The first-order valence-corrected chi connectivity index (χ1v) is 18.7. The Labute approximate surface area is 295 Å². The van der Waals surface area contributed by atoms with Crippen molar-refractivity contribution in [3.05, 3.63) is 114 Å². The molecule has 1 heterocycles. The molecule has 4 aromatic rings. The monoisotopic (exact) mass is 705 g/mol. The number of carbonyl (C=O) groups excluding carboxylic acids is 1. The molecule has 11 heteroatoms. The summed E-state index contributed by atoms with van der Waals surface area (Å²) in [5.74, 6) is -0.00718. The molecule has 10 nitrogen and oxygen atoms in total. The van der Waals surface area contributed by atoms with Gasteiger partial charge in [-0.25, -0.2) is 4.79 Å². The van der Waals surface area contributed by atoms with Gasteiger partial charge in [0, 0.05) is 24.8 Å². The molecule has 3 unspecified atom stereocenters. The maximum atomic E-state index is 12.7. The Bertz CT molecular complexity index is 1780. The summed E-state index contributed by atoms with van der Waals surface area (Å²) in [7, 11) is -3.75. The number of rotatable bonds is 15. The highest BCUT2D eigenvalue weighted by molar-refractivity contribution is 7.85. The number of piperidine rings is 1. The fourth-order valence-corrected chi connectivity index (χ4v) is 6.38. The smallest absolute Gasteiger partial charge is 0.494 e. The van der Waals surface area contributed by atoms with Crippen molar-refractivity contribution >= 4 is 27.0 Å². The summed E-state index contributed by atoms with van der Waals surface area (Å²) in [6.07, 6.45) is 0.408. The zero-order valence-electron chi connectivity index (χ0n) is 29.2. The molecule has 4 aromatic carbocycles. The van der Waals surface area contributed by atoms with Crippen molar-refractivity contribution in [2.24, 2.45) is 5.92 Å². The third-order valence-electron chi connectivity index (χ3n) is 8.18. The van der Waals surface area contributed by atoms with Crippen molar-refractivity contribution in [1.82, 2.24) is 5.06 Å². The van der Waals surface area contributed by atoms with E-state index >= 15 is 0 Å². The van der Waals surface area contributed by atoms with Crippen LogP contribution in [0.1, 0.15) is 49.8 Å². The second kappa shape index (κ2) is 17.3. The van der Waals surface area contributed by atoms with E-state index in [-0.39, 0.29) is 25.6 Å². The molecule has 1 saturated heterocycles. The first-order chi connectivity index (χ1) is 23.9. The van der Waals surface area contributed by atoms with Crippen LogP contribution >= 0.6 is 0 Å². The molecule has 50 heavy (non-hydrogen) atoms. The minimum Gasteiger partial charge on any atom is -0.494 e. The molecular weight excluding hydrogens is 658 g/mol. The average Bonchev–Trinajstić information content (AvgIpc) is 3.07. The Hall–Kier alpha value is -4.00. The highest BCUT2D eigenvalue weighted by Crippen LogP contribution is 2.37. The molecule has 0 amide bonds. The van der Waals surface area contributed by atoms with E-state index in [1.807, 2.05) is 72.8 Å². The highest BCUT2D eigenvalue weighted by atomic mass is 32.2. The molecule has 0 spiro atoms. The standard InChI is InChI=1S/C39H47NO9S/c1-39(2,3)48-38(41)49-40-24-34(28-47-50(4,42)43)37(36(25-40)46-27-30-15-16-31-13-8-9-14-33(31)23-30)32-17-19-35(20-18-32)45-22-10-21-44-26-29-11-6-5-7-12-29/h5-9,11-20,23,34,36-37H,10,21-22,24-28H2,1-4H3. The number of ether oxygens (including phenoxy) is 4. The van der Waals surface area contributed by atoms with Gasteiger partial charge in [-0.2, -0.15) is 8.42 Å². The van der Waals surface area contributed by atoms with Gasteiger partial charge in [0.15, 0.2) is 0 Å². The summed E-state index contributed by atoms with van der Waals surface area (Å²) in [5.41, 5.74) is 2.28. The summed E-state index contributed by atoms with van der Waals surface area (Å²) in [4.78, 5) is 18.3. The van der Waals surface area contributed by atoms with Crippen molar-refractivity contribution in [2.45, 2.75) is 58.0 Å². The third kappa shape index (κ3) is 11.8. The van der Waals surface area contributed by atoms with Gasteiger partial charge in [-0.05, 0) is 66.4 Å². The van der Waals surface area contributed by atoms with E-state index in [0.29, 0.717) is 32.2 Å². The molecule has 1 aliphatic rings. The lowest BCUT2D eigenvalue weighted by atomic mass is 9.79. The van der Waals surface area contributed by atoms with Crippen LogP contribution in [0, 0.1) is 5.92 Å². The van der Waals surface area contributed by atoms with Crippen LogP contribution in [0.4, 0.5) is 4.79 Å². The van der Waals surface area contributed by atoms with Crippen molar-refractivity contribution < 1.29 is 41.2 Å². The number of hydrogen-bond acceptors (Lipinski definition) is 10. The molecule has 5 rings (SSSR count). The molecule has 268 valence electrons. The van der Waals surface area contributed by atoms with Gasteiger partial charge in [0.1, 0.15) is 11.4 Å². The van der Waals surface area contributed by atoms with E-state index in [0.717, 1.165) is 40.1 Å². The first-order valence-electron chi connectivity index (χ1n) is 16.9. The SMILES string of the molecule is CC(C)(C)OC(=O)ON1CC(COS(C)(=O)=O)C(c2ccc(OCCCOCc3ccccc3)cc2)C(OCc2ccc3ccccc3c2)C1. The van der Waals surface area contributed by atoms with Crippen LogP contribution in [-0.2, 0) is 46.6 Å². The molecule has 1 aliphatic heterocycles. The molecule has 0 saturated carbocycles. The van der Waals surface area contributed by atoms with Crippen molar-refractivity contribution in [2.75, 3.05) is 39.2 Å². The largest absolute Gasteiger partial charge is 0.528 e. The fraction of sp³-hybridized carbons (Fsp3) is 0.410. The zero-order valence-corrected chi connectivity index (χ0v) is 30.0. The summed E-state index contributed by atoms with van der Waals surface area (Å²) in [6.45, 7) is 7.50. The second-order valence-corrected chi connectivity index (χ2v) is 15.2. The quantitative estimate of drug-likeness (QED) is 0.0712. The normalized spacial score (nSPS) is 18.5. The third-order valence-corrected chi connectivity index (χ3v) is 8.74. The molecule has 0 aliphatic carbocycles. The van der Waals surface area contributed by atoms with Gasteiger partial charge in [0.05, 0.1) is 51.9 Å². The minimum absolute atomic E-state index is 0.130. The van der Waals surface area contributed by atoms with Gasteiger partial charge in [-0.1, -0.05) is 78.9 Å². The van der Waals surface area contributed by atoms with Crippen LogP contribution < -0.4 is 4.74 Å². The van der Waals surface area contributed by atoms with E-state index in [1.54, 1.807) is 20.8 Å². The highest BCUT2D eigenvalue weighted by Gasteiger charge is 2.41. The maximum Gasteiger partial charge on any atom is 0.528 e. The van der Waals surface area contributed by atoms with Gasteiger partial charge in [-0.3, -0.25) is 4.18 Å². The summed E-state index contributed by atoms with van der Waals surface area (Å²) in [5, 5.41) is 3.70. The van der Waals surface area contributed by atoms with Crippen LogP contribution in [0.3, 0.4) is 0 Å². The second-order valence-electron chi connectivity index (χ2n) is 13.5. The van der Waals surface area contributed by atoms with Gasteiger partial charge >= 0.3 is 6.16 Å². The number of nitrogens with zero attached hydrogens (tertiary/aromatic N) is 1. The Morgan fingerprint density at radius 3 is 2.26 bits per heavy atom. The lowest BCUT2D eigenvalue weighted by molar-refractivity contribution is -0.193. The molecule has 0 radical (unpaired) electrons. The van der Waals surface area contributed by atoms with Crippen LogP contribution in [-0.4, -0.2) is 70.5 Å². The van der Waals surface area contributed by atoms with Crippen molar-refractivity contribution in [3.8, 4) is 5.75 Å². The molecule has 0 bridgehead atoms. The number of hydrogen-bond donors (Lipinski definition) is 0. The Balaban J connectivity index is 1.30. The molecular formula is C39H47NO9S. The predicted molar refractivity (Wildman–Crippen MR) is 191 cm³/mol. The van der Waals surface area contributed by atoms with Crippen molar-refractivity contribution in [3.63, 3.8) is 0 Å². The lowest BCUT2D eigenvalue weighted by Crippen LogP contribution is -2.51. The Kier molecular flexibility index (Phi) is 12.9. The van der Waals surface area contributed by atoms with E-state index in [1.165, 1.54) is 5.06 Å². The van der Waals surface area contributed by atoms with E-state index in [9.17, 15) is 13.2 Å². The van der Waals surface area contributed by atoms with Crippen LogP contribution in [0.5, 0.6) is 5.75 Å². The maximum absolute atomic E-state index is 12.7. The van der Waals surface area contributed by atoms with Gasteiger partial charge < -0.3 is 23.8 Å².